The zero-order chi connectivity index (χ0) is 9.24. The summed E-state index contributed by atoms with van der Waals surface area (Å²) in [5, 5.41) is 0. The van der Waals surface area contributed by atoms with Gasteiger partial charge in [0.2, 0.25) is 5.92 Å². The van der Waals surface area contributed by atoms with Crippen LogP contribution < -0.4 is 5.73 Å². The van der Waals surface area contributed by atoms with Crippen molar-refractivity contribution in [2.24, 2.45) is 11.1 Å². The fourth-order valence-electron chi connectivity index (χ4n) is 1.68. The molecule has 0 saturated heterocycles. The van der Waals surface area contributed by atoms with E-state index in [1.165, 1.54) is 0 Å². The second kappa shape index (κ2) is 3.13. The Morgan fingerprint density at radius 1 is 1.42 bits per heavy atom. The SMILES string of the molecule is CC/C=C/C1(CN)CC(F)(F)C1. The van der Waals surface area contributed by atoms with Gasteiger partial charge in [-0.2, -0.15) is 0 Å². The number of nitrogens with two attached hydrogens (primary N) is 1. The molecule has 0 bridgehead atoms. The monoisotopic (exact) mass is 175 g/mol. The fourth-order valence-corrected chi connectivity index (χ4v) is 1.68. The van der Waals surface area contributed by atoms with Gasteiger partial charge >= 0.3 is 0 Å². The van der Waals surface area contributed by atoms with Crippen molar-refractivity contribution in [2.45, 2.75) is 32.1 Å². The van der Waals surface area contributed by atoms with Crippen LogP contribution in [0.5, 0.6) is 0 Å². The number of alkyl halides is 2. The average Bonchev–Trinajstić information content (AvgIpc) is 1.96. The summed E-state index contributed by atoms with van der Waals surface area (Å²) in [6.07, 6.45) is 4.50. The summed E-state index contributed by atoms with van der Waals surface area (Å²) in [5.74, 6) is -2.47. The highest BCUT2D eigenvalue weighted by molar-refractivity contribution is 5.11. The zero-order valence-electron chi connectivity index (χ0n) is 7.32. The van der Waals surface area contributed by atoms with Crippen LogP contribution in [-0.4, -0.2) is 12.5 Å². The van der Waals surface area contributed by atoms with Gasteiger partial charge in [0.15, 0.2) is 0 Å². The Labute approximate surface area is 71.6 Å². The summed E-state index contributed by atoms with van der Waals surface area (Å²) in [4.78, 5) is 0. The van der Waals surface area contributed by atoms with Crippen molar-refractivity contribution >= 4 is 0 Å². The third-order valence-electron chi connectivity index (χ3n) is 2.34. The molecule has 1 rings (SSSR count). The molecule has 0 heterocycles. The van der Waals surface area contributed by atoms with Gasteiger partial charge in [-0.15, -0.1) is 0 Å². The van der Waals surface area contributed by atoms with Gasteiger partial charge in [0.1, 0.15) is 0 Å². The van der Waals surface area contributed by atoms with Gasteiger partial charge in [-0.1, -0.05) is 19.1 Å². The summed E-state index contributed by atoms with van der Waals surface area (Å²) in [5.41, 5.74) is 5.04. The van der Waals surface area contributed by atoms with Gasteiger partial charge in [-0.25, -0.2) is 8.78 Å². The van der Waals surface area contributed by atoms with Crippen molar-refractivity contribution < 1.29 is 8.78 Å². The molecule has 0 atom stereocenters. The fraction of sp³-hybridized carbons (Fsp3) is 0.778. The van der Waals surface area contributed by atoms with Crippen LogP contribution >= 0.6 is 0 Å². The van der Waals surface area contributed by atoms with E-state index in [1.807, 2.05) is 19.1 Å². The molecule has 3 heteroatoms. The van der Waals surface area contributed by atoms with E-state index >= 15 is 0 Å². The Morgan fingerprint density at radius 3 is 2.33 bits per heavy atom. The Kier molecular flexibility index (Phi) is 2.52. The van der Waals surface area contributed by atoms with Crippen molar-refractivity contribution in [3.63, 3.8) is 0 Å². The van der Waals surface area contributed by atoms with Crippen LogP contribution in [0.2, 0.25) is 0 Å². The predicted octanol–water partition coefficient (Wildman–Crippen LogP) is 2.33. The molecule has 1 nitrogen and oxygen atoms in total. The molecule has 12 heavy (non-hydrogen) atoms. The summed E-state index contributed by atoms with van der Waals surface area (Å²) < 4.78 is 25.1. The number of hydrogen-bond donors (Lipinski definition) is 1. The lowest BCUT2D eigenvalue weighted by Gasteiger charge is -2.44. The van der Waals surface area contributed by atoms with Crippen LogP contribution in [0.15, 0.2) is 12.2 Å². The molecule has 70 valence electrons. The third kappa shape index (κ3) is 1.83. The lowest BCUT2D eigenvalue weighted by atomic mass is 9.66. The lowest BCUT2D eigenvalue weighted by Crippen LogP contribution is -2.49. The van der Waals surface area contributed by atoms with E-state index in [0.29, 0.717) is 6.54 Å². The van der Waals surface area contributed by atoms with Crippen LogP contribution in [0.3, 0.4) is 0 Å². The zero-order valence-corrected chi connectivity index (χ0v) is 7.32. The highest BCUT2D eigenvalue weighted by atomic mass is 19.3. The minimum atomic E-state index is -2.47. The molecule has 0 aromatic heterocycles. The average molecular weight is 175 g/mol. The standard InChI is InChI=1S/C9H15F2N/c1-2-3-4-8(7-12)5-9(10,11)6-8/h3-4H,2,5-7,12H2,1H3/b4-3+. The second-order valence-corrected chi connectivity index (χ2v) is 3.59. The van der Waals surface area contributed by atoms with Gasteiger partial charge in [-0.05, 0) is 6.42 Å². The summed E-state index contributed by atoms with van der Waals surface area (Å²) >= 11 is 0. The molecule has 0 aromatic rings. The van der Waals surface area contributed by atoms with E-state index in [1.54, 1.807) is 0 Å². The molecule has 0 amide bonds. The molecule has 0 aliphatic heterocycles. The first-order chi connectivity index (χ1) is 5.54. The van der Waals surface area contributed by atoms with E-state index in [-0.39, 0.29) is 12.8 Å². The highest BCUT2D eigenvalue weighted by Crippen LogP contribution is 2.52. The van der Waals surface area contributed by atoms with E-state index in [4.69, 9.17) is 5.73 Å². The van der Waals surface area contributed by atoms with Gasteiger partial charge in [0.25, 0.3) is 0 Å². The quantitative estimate of drug-likeness (QED) is 0.654. The molecule has 1 aliphatic rings. The van der Waals surface area contributed by atoms with Crippen LogP contribution in [-0.2, 0) is 0 Å². The van der Waals surface area contributed by atoms with Gasteiger partial charge in [0, 0.05) is 24.8 Å². The first-order valence-corrected chi connectivity index (χ1v) is 4.29. The van der Waals surface area contributed by atoms with Crippen molar-refractivity contribution in [1.29, 1.82) is 0 Å². The maximum absolute atomic E-state index is 12.6. The highest BCUT2D eigenvalue weighted by Gasteiger charge is 2.54. The summed E-state index contributed by atoms with van der Waals surface area (Å²) in [6, 6.07) is 0. The normalized spacial score (nSPS) is 25.7. The van der Waals surface area contributed by atoms with Gasteiger partial charge < -0.3 is 5.73 Å². The topological polar surface area (TPSA) is 26.0 Å². The number of allylic oxidation sites excluding steroid dienone is 1. The third-order valence-corrected chi connectivity index (χ3v) is 2.34. The van der Waals surface area contributed by atoms with Crippen molar-refractivity contribution in [3.8, 4) is 0 Å². The van der Waals surface area contributed by atoms with E-state index in [9.17, 15) is 8.78 Å². The van der Waals surface area contributed by atoms with Crippen LogP contribution in [0.4, 0.5) is 8.78 Å². The van der Waals surface area contributed by atoms with E-state index in [0.717, 1.165) is 6.42 Å². The molecule has 1 fully saturated rings. The Bertz CT molecular complexity index is 179. The predicted molar refractivity (Wildman–Crippen MR) is 45.1 cm³/mol. The summed E-state index contributed by atoms with van der Waals surface area (Å²) in [6.45, 7) is 2.32. The maximum Gasteiger partial charge on any atom is 0.249 e. The first kappa shape index (κ1) is 9.65. The van der Waals surface area contributed by atoms with E-state index in [2.05, 4.69) is 0 Å². The Morgan fingerprint density at radius 2 is 2.00 bits per heavy atom. The van der Waals surface area contributed by atoms with Crippen LogP contribution in [0.1, 0.15) is 26.2 Å². The molecule has 1 saturated carbocycles. The number of hydrogen-bond acceptors (Lipinski definition) is 1. The maximum atomic E-state index is 12.6. The molecule has 0 aromatic carbocycles. The largest absolute Gasteiger partial charge is 0.330 e. The second-order valence-electron chi connectivity index (χ2n) is 3.59. The van der Waals surface area contributed by atoms with Crippen LogP contribution in [0, 0.1) is 5.41 Å². The smallest absolute Gasteiger partial charge is 0.249 e. The first-order valence-electron chi connectivity index (χ1n) is 4.29. The van der Waals surface area contributed by atoms with Crippen molar-refractivity contribution in [2.75, 3.05) is 6.54 Å². The Balaban J connectivity index is 2.53. The van der Waals surface area contributed by atoms with Gasteiger partial charge in [0.05, 0.1) is 0 Å². The van der Waals surface area contributed by atoms with E-state index < -0.39 is 11.3 Å². The van der Waals surface area contributed by atoms with Crippen molar-refractivity contribution in [1.82, 2.24) is 0 Å². The lowest BCUT2D eigenvalue weighted by molar-refractivity contribution is -0.137. The molecule has 0 spiro atoms. The molecule has 0 radical (unpaired) electrons. The van der Waals surface area contributed by atoms with Crippen molar-refractivity contribution in [3.05, 3.63) is 12.2 Å². The minimum Gasteiger partial charge on any atom is -0.330 e. The molecule has 2 N–H and O–H groups in total. The molecular weight excluding hydrogens is 160 g/mol. The molecular formula is C9H15F2N. The minimum absolute atomic E-state index is 0.0764. The molecule has 0 unspecified atom stereocenters. The van der Waals surface area contributed by atoms with Crippen LogP contribution in [0.25, 0.3) is 0 Å². The number of halogens is 2. The Hall–Kier alpha value is -0.440. The number of rotatable bonds is 3. The summed E-state index contributed by atoms with van der Waals surface area (Å²) in [7, 11) is 0. The molecule has 1 aliphatic carbocycles. The van der Waals surface area contributed by atoms with Gasteiger partial charge in [-0.3, -0.25) is 0 Å².